The van der Waals surface area contributed by atoms with Crippen molar-refractivity contribution in [2.24, 2.45) is 0 Å². The lowest BCUT2D eigenvalue weighted by Gasteiger charge is -2.01. The van der Waals surface area contributed by atoms with Crippen LogP contribution in [0.5, 0.6) is 0 Å². The van der Waals surface area contributed by atoms with Crippen molar-refractivity contribution in [3.63, 3.8) is 0 Å². The van der Waals surface area contributed by atoms with Crippen LogP contribution in [0, 0.1) is 0 Å². The summed E-state index contributed by atoms with van der Waals surface area (Å²) in [6.45, 7) is 2.67. The van der Waals surface area contributed by atoms with Crippen LogP contribution in [0.4, 0.5) is 0 Å². The summed E-state index contributed by atoms with van der Waals surface area (Å²) in [7, 11) is 1.90. The predicted octanol–water partition coefficient (Wildman–Crippen LogP) is 0.193. The SMILES string of the molecule is CNCCNCCc1ncc(C(=O)O)s1. The number of nitrogens with one attached hydrogen (secondary N) is 2. The van der Waals surface area contributed by atoms with Crippen molar-refractivity contribution in [1.82, 2.24) is 15.6 Å². The smallest absolute Gasteiger partial charge is 0.347 e. The Morgan fingerprint density at radius 3 is 2.93 bits per heavy atom. The molecule has 0 spiro atoms. The highest BCUT2D eigenvalue weighted by atomic mass is 32.1. The number of carbonyl (C=O) groups is 1. The van der Waals surface area contributed by atoms with Crippen molar-refractivity contribution in [2.75, 3.05) is 26.7 Å². The van der Waals surface area contributed by atoms with Crippen molar-refractivity contribution in [3.05, 3.63) is 16.1 Å². The van der Waals surface area contributed by atoms with E-state index in [0.717, 1.165) is 31.1 Å². The van der Waals surface area contributed by atoms with Gasteiger partial charge in [0.1, 0.15) is 4.88 Å². The zero-order chi connectivity index (χ0) is 11.1. The molecule has 0 aromatic carbocycles. The molecule has 0 aliphatic heterocycles. The quantitative estimate of drug-likeness (QED) is 0.582. The molecular weight excluding hydrogens is 214 g/mol. The average Bonchev–Trinajstić information content (AvgIpc) is 2.66. The first-order valence-electron chi connectivity index (χ1n) is 4.77. The number of thiazole rings is 1. The second-order valence-corrected chi connectivity index (χ2v) is 4.14. The van der Waals surface area contributed by atoms with Gasteiger partial charge in [0.15, 0.2) is 0 Å². The van der Waals surface area contributed by atoms with Crippen molar-refractivity contribution >= 4 is 17.3 Å². The Hall–Kier alpha value is -0.980. The number of carboxylic acid groups (broad SMARTS) is 1. The van der Waals surface area contributed by atoms with Crippen LogP contribution in [-0.4, -0.2) is 42.7 Å². The van der Waals surface area contributed by atoms with Gasteiger partial charge >= 0.3 is 5.97 Å². The summed E-state index contributed by atoms with van der Waals surface area (Å²) in [6, 6.07) is 0. The van der Waals surface area contributed by atoms with Gasteiger partial charge in [-0.1, -0.05) is 0 Å². The number of hydrogen-bond acceptors (Lipinski definition) is 5. The van der Waals surface area contributed by atoms with E-state index >= 15 is 0 Å². The molecule has 15 heavy (non-hydrogen) atoms. The standard InChI is InChI=1S/C9H15N3O2S/c1-10-4-5-11-3-2-8-12-6-7(15-8)9(13)14/h6,10-11H,2-5H2,1H3,(H,13,14). The molecule has 1 rings (SSSR count). The molecule has 0 bridgehead atoms. The number of hydrogen-bond donors (Lipinski definition) is 3. The Balaban J connectivity index is 2.23. The number of likely N-dealkylation sites (N-methyl/N-ethyl adjacent to an activating group) is 1. The lowest BCUT2D eigenvalue weighted by molar-refractivity contribution is 0.0702. The van der Waals surface area contributed by atoms with E-state index in [1.54, 1.807) is 0 Å². The second kappa shape index (κ2) is 6.49. The molecule has 1 aromatic heterocycles. The summed E-state index contributed by atoms with van der Waals surface area (Å²) in [4.78, 5) is 14.9. The van der Waals surface area contributed by atoms with Crippen LogP contribution in [0.25, 0.3) is 0 Å². The molecule has 0 amide bonds. The average molecular weight is 229 g/mol. The van der Waals surface area contributed by atoms with E-state index in [9.17, 15) is 4.79 Å². The van der Waals surface area contributed by atoms with Gasteiger partial charge in [-0.25, -0.2) is 9.78 Å². The highest BCUT2D eigenvalue weighted by Gasteiger charge is 2.07. The molecule has 3 N–H and O–H groups in total. The van der Waals surface area contributed by atoms with E-state index in [-0.39, 0.29) is 0 Å². The van der Waals surface area contributed by atoms with Gasteiger partial charge in [0.25, 0.3) is 0 Å². The number of aromatic carboxylic acids is 1. The number of nitrogens with zero attached hydrogens (tertiary/aromatic N) is 1. The van der Waals surface area contributed by atoms with E-state index in [0.29, 0.717) is 4.88 Å². The summed E-state index contributed by atoms with van der Waals surface area (Å²) < 4.78 is 0. The van der Waals surface area contributed by atoms with Gasteiger partial charge in [-0.2, -0.15) is 0 Å². The second-order valence-electron chi connectivity index (χ2n) is 3.03. The van der Waals surface area contributed by atoms with Crippen LogP contribution in [-0.2, 0) is 6.42 Å². The van der Waals surface area contributed by atoms with Crippen molar-refractivity contribution < 1.29 is 9.90 Å². The zero-order valence-corrected chi connectivity index (χ0v) is 9.43. The van der Waals surface area contributed by atoms with Gasteiger partial charge in [-0.15, -0.1) is 11.3 Å². The molecule has 0 aliphatic rings. The van der Waals surface area contributed by atoms with E-state index in [2.05, 4.69) is 15.6 Å². The van der Waals surface area contributed by atoms with E-state index in [1.807, 2.05) is 7.05 Å². The predicted molar refractivity (Wildman–Crippen MR) is 59.6 cm³/mol. The minimum atomic E-state index is -0.901. The summed E-state index contributed by atoms with van der Waals surface area (Å²) in [5.74, 6) is -0.901. The van der Waals surface area contributed by atoms with E-state index in [1.165, 1.54) is 17.5 Å². The molecule has 0 saturated heterocycles. The number of aromatic nitrogens is 1. The molecule has 6 heteroatoms. The molecule has 0 fully saturated rings. The first kappa shape index (κ1) is 12.1. The molecule has 0 radical (unpaired) electrons. The van der Waals surface area contributed by atoms with Gasteiger partial charge in [-0.3, -0.25) is 0 Å². The molecule has 1 aromatic rings. The first-order chi connectivity index (χ1) is 7.24. The Morgan fingerprint density at radius 2 is 2.33 bits per heavy atom. The van der Waals surface area contributed by atoms with Gasteiger partial charge < -0.3 is 15.7 Å². The summed E-state index contributed by atoms with van der Waals surface area (Å²) in [5.41, 5.74) is 0. The van der Waals surface area contributed by atoms with Gasteiger partial charge in [0.05, 0.1) is 11.2 Å². The molecule has 0 atom stereocenters. The topological polar surface area (TPSA) is 74.2 Å². The molecular formula is C9H15N3O2S. The zero-order valence-electron chi connectivity index (χ0n) is 8.62. The summed E-state index contributed by atoms with van der Waals surface area (Å²) in [5, 5.41) is 15.8. The van der Waals surface area contributed by atoms with Crippen LogP contribution in [0.1, 0.15) is 14.7 Å². The van der Waals surface area contributed by atoms with Crippen molar-refractivity contribution in [3.8, 4) is 0 Å². The third kappa shape index (κ3) is 4.37. The van der Waals surface area contributed by atoms with E-state index in [4.69, 9.17) is 5.11 Å². The van der Waals surface area contributed by atoms with Crippen molar-refractivity contribution in [1.29, 1.82) is 0 Å². The maximum atomic E-state index is 10.6. The maximum Gasteiger partial charge on any atom is 0.347 e. The van der Waals surface area contributed by atoms with Crippen LogP contribution >= 0.6 is 11.3 Å². The molecule has 84 valence electrons. The Kier molecular flexibility index (Phi) is 5.23. The first-order valence-corrected chi connectivity index (χ1v) is 5.59. The highest BCUT2D eigenvalue weighted by Crippen LogP contribution is 2.12. The number of carboxylic acids is 1. The minimum absolute atomic E-state index is 0.306. The molecule has 0 saturated carbocycles. The van der Waals surface area contributed by atoms with Gasteiger partial charge in [-0.05, 0) is 7.05 Å². The van der Waals surface area contributed by atoms with Crippen LogP contribution in [0.3, 0.4) is 0 Å². The van der Waals surface area contributed by atoms with Crippen LogP contribution in [0.2, 0.25) is 0 Å². The molecule has 0 aliphatic carbocycles. The maximum absolute atomic E-state index is 10.6. The lowest BCUT2D eigenvalue weighted by Crippen LogP contribution is -2.26. The van der Waals surface area contributed by atoms with Gasteiger partial charge in [0.2, 0.25) is 0 Å². The van der Waals surface area contributed by atoms with Crippen LogP contribution in [0.15, 0.2) is 6.20 Å². The van der Waals surface area contributed by atoms with Gasteiger partial charge in [0, 0.05) is 26.1 Å². The normalized spacial score (nSPS) is 10.5. The molecule has 5 nitrogen and oxygen atoms in total. The molecule has 0 unspecified atom stereocenters. The Morgan fingerprint density at radius 1 is 1.53 bits per heavy atom. The minimum Gasteiger partial charge on any atom is -0.477 e. The monoisotopic (exact) mass is 229 g/mol. The fourth-order valence-electron chi connectivity index (χ4n) is 1.06. The van der Waals surface area contributed by atoms with E-state index < -0.39 is 5.97 Å². The summed E-state index contributed by atoms with van der Waals surface area (Å²) in [6.07, 6.45) is 2.19. The molecule has 1 heterocycles. The number of rotatable bonds is 7. The van der Waals surface area contributed by atoms with Crippen molar-refractivity contribution in [2.45, 2.75) is 6.42 Å². The third-order valence-electron chi connectivity index (χ3n) is 1.83. The largest absolute Gasteiger partial charge is 0.477 e. The fourth-order valence-corrected chi connectivity index (χ4v) is 1.81. The fraction of sp³-hybridized carbons (Fsp3) is 0.556. The highest BCUT2D eigenvalue weighted by molar-refractivity contribution is 7.13. The Labute approximate surface area is 92.5 Å². The lowest BCUT2D eigenvalue weighted by atomic mass is 10.4. The third-order valence-corrected chi connectivity index (χ3v) is 2.88. The van der Waals surface area contributed by atoms with Crippen LogP contribution < -0.4 is 10.6 Å². The summed E-state index contributed by atoms with van der Waals surface area (Å²) >= 11 is 1.24. The Bertz CT molecular complexity index is 314.